The molecule has 9 heterocycles. The second-order valence-corrected chi connectivity index (χ2v) is 27.9. The number of hydrogen-bond acceptors (Lipinski definition) is 21. The molecule has 96 heavy (non-hydrogen) atoms. The predicted molar refractivity (Wildman–Crippen MR) is 339 cm³/mol. The SMILES string of the molecule is C/C1=C\C=C\[C@@H](C)[C@@]2(O)CC(OC(=O)N2)[C@@H](C)[C@@H]2O[C@@]2(C)[C@@H](OC(=O)[C@H](C)N(C)C(=O)CCSC2CC(=O)N(CC3CCN(C(=O)ON4C(=O)CCC4=O)CC3)C2=O)CC(=O)N(C)c2cc(cc(C)c2Cl)C1.O=C(ON1C(=O)CCC1=O)N1CCC(CN2C(=O)C=CC2=O)CC1. The number of alkyl carbamates (subject to hydrolysis) is 1. The Morgan fingerprint density at radius 1 is 0.781 bits per heavy atom. The summed E-state index contributed by atoms with van der Waals surface area (Å²) in [5.74, 6) is -6.06. The molecule has 2 unspecified atom stereocenters. The van der Waals surface area contributed by atoms with E-state index in [1.54, 1.807) is 27.8 Å². The van der Waals surface area contributed by atoms with Gasteiger partial charge in [0.25, 0.3) is 35.4 Å². The number of carbonyl (C=O) groups excluding carboxylic acids is 14. The van der Waals surface area contributed by atoms with Crippen molar-refractivity contribution in [2.75, 3.05) is 64.0 Å². The molecule has 1 aromatic carbocycles. The zero-order chi connectivity index (χ0) is 69.8. The Morgan fingerprint density at radius 3 is 1.88 bits per heavy atom. The minimum absolute atomic E-state index is 0.0164. The first-order valence-corrected chi connectivity index (χ1v) is 33.7. The van der Waals surface area contributed by atoms with Gasteiger partial charge in [0.2, 0.25) is 23.6 Å². The number of nitrogens with one attached hydrogen (secondary N) is 1. The van der Waals surface area contributed by atoms with E-state index >= 15 is 0 Å². The molecule has 31 heteroatoms. The van der Waals surface area contributed by atoms with Crippen LogP contribution in [0.5, 0.6) is 0 Å². The molecular weight excluding hydrogens is 1290 g/mol. The van der Waals surface area contributed by atoms with Crippen molar-refractivity contribution in [2.45, 2.75) is 166 Å². The third-order valence-electron chi connectivity index (χ3n) is 19.4. The van der Waals surface area contributed by atoms with E-state index in [4.69, 9.17) is 35.5 Å². The number of nitrogens with zero attached hydrogens (tertiary/aromatic N) is 8. The van der Waals surface area contributed by atoms with Crippen LogP contribution in [0.3, 0.4) is 0 Å². The maximum absolute atomic E-state index is 14.3. The fourth-order valence-corrected chi connectivity index (χ4v) is 14.3. The van der Waals surface area contributed by atoms with Crippen molar-refractivity contribution in [1.29, 1.82) is 0 Å². The summed E-state index contributed by atoms with van der Waals surface area (Å²) in [6.07, 6.45) is 5.31. The molecule has 0 radical (unpaired) electrons. The number of carbonyl (C=O) groups is 14. The van der Waals surface area contributed by atoms with E-state index in [0.29, 0.717) is 72.6 Å². The highest BCUT2D eigenvalue weighted by Crippen LogP contribution is 2.49. The Labute approximate surface area is 563 Å². The molecule has 7 saturated heterocycles. The van der Waals surface area contributed by atoms with E-state index in [-0.39, 0.29) is 112 Å². The van der Waals surface area contributed by atoms with Crippen molar-refractivity contribution in [3.63, 3.8) is 0 Å². The van der Waals surface area contributed by atoms with E-state index in [9.17, 15) is 72.2 Å². The van der Waals surface area contributed by atoms with E-state index in [1.165, 1.54) is 67.3 Å². The van der Waals surface area contributed by atoms with Crippen LogP contribution in [0, 0.1) is 30.6 Å². The third kappa shape index (κ3) is 16.4. The fraction of sp³-hybridized carbons (Fsp3) is 0.600. The summed E-state index contributed by atoms with van der Waals surface area (Å²) >= 11 is 7.99. The minimum atomic E-state index is -1.66. The second kappa shape index (κ2) is 30.0. The average molecular weight is 1380 g/mol. The molecule has 1 aromatic rings. The number of likely N-dealkylation sites (tertiary alicyclic amines) is 3. The number of benzene rings is 1. The number of hydrogen-bond donors (Lipinski definition) is 2. The standard InChI is InChI=1S/C50H65ClN6O14S.C15H17N3O6/c1-27-10-9-11-29(3)50(67)25-35(68-47(65)52-50)30(4)44-49(6,70-44)37(24-41(61)54(8)34-22-33(20-27)21-28(2)43(34)51)69-46(64)31(5)53(7)38(58)16-19-72-36-23-42(62)56(45(36)63)26-32-14-17-55(18-15-32)48(66)71-57-39(59)12-13-40(57)60;19-11-1-2-12(20)17(11)9-10-5-7-16(8-6-10)15(23)24-18-13(21)3-4-14(18)22/h9-11,21-22,29-32,35-37,44,67H,12-20,23-26H2,1-8H3,(H,52,65);1-2,10H,3-9H2/b11-9+,27-10+;/t29-,30-,31+,35?,36?,37+,44+,49+,50+;/m1./s1. The smallest absolute Gasteiger partial charge is 0.434 e. The topological polar surface area (TPSA) is 347 Å². The van der Waals surface area contributed by atoms with E-state index in [0.717, 1.165) is 16.7 Å². The molecule has 520 valence electrons. The highest BCUT2D eigenvalue weighted by Gasteiger charge is 2.64. The second-order valence-electron chi connectivity index (χ2n) is 26.2. The van der Waals surface area contributed by atoms with Crippen LogP contribution < -0.4 is 10.2 Å². The first-order chi connectivity index (χ1) is 45.3. The summed E-state index contributed by atoms with van der Waals surface area (Å²) in [6.45, 7) is 12.4. The lowest BCUT2D eigenvalue weighted by molar-refractivity contribution is -0.174. The quantitative estimate of drug-likeness (QED) is 0.157. The van der Waals surface area contributed by atoms with Gasteiger partial charge in [-0.25, -0.2) is 19.2 Å². The number of rotatable bonds is 13. The van der Waals surface area contributed by atoms with Crippen LogP contribution in [0.25, 0.3) is 0 Å². The van der Waals surface area contributed by atoms with Crippen molar-refractivity contribution in [2.24, 2.45) is 23.7 Å². The number of amides is 13. The summed E-state index contributed by atoms with van der Waals surface area (Å²) in [6, 6.07) is 2.65. The first kappa shape index (κ1) is 72.1. The molecule has 9 atom stereocenters. The van der Waals surface area contributed by atoms with E-state index < -0.39 is 112 Å². The molecule has 0 aromatic heterocycles. The van der Waals surface area contributed by atoms with Gasteiger partial charge in [-0.3, -0.25) is 63.1 Å². The Morgan fingerprint density at radius 2 is 1.32 bits per heavy atom. The Balaban J connectivity index is 0.000000376. The van der Waals surface area contributed by atoms with Crippen molar-refractivity contribution in [3.8, 4) is 0 Å². The number of aliphatic hydroxyl groups is 1. The minimum Gasteiger partial charge on any atom is -0.457 e. The Hall–Kier alpha value is -8.22. The molecule has 7 fully saturated rings. The van der Waals surface area contributed by atoms with Crippen molar-refractivity contribution >= 4 is 112 Å². The van der Waals surface area contributed by atoms with Crippen molar-refractivity contribution in [1.82, 2.24) is 39.9 Å². The first-order valence-electron chi connectivity index (χ1n) is 32.3. The number of aryl methyl sites for hydroxylation is 1. The predicted octanol–water partition coefficient (Wildman–Crippen LogP) is 4.42. The van der Waals surface area contributed by atoms with Crippen molar-refractivity contribution in [3.05, 3.63) is 64.2 Å². The van der Waals surface area contributed by atoms with Crippen LogP contribution in [0.1, 0.15) is 123 Å². The molecule has 0 spiro atoms. The van der Waals surface area contributed by atoms with Crippen LogP contribution in [0.2, 0.25) is 5.02 Å². The lowest BCUT2D eigenvalue weighted by Gasteiger charge is -2.41. The maximum atomic E-state index is 14.3. The van der Waals surface area contributed by atoms with Gasteiger partial charge in [-0.15, -0.1) is 21.9 Å². The summed E-state index contributed by atoms with van der Waals surface area (Å²) in [5, 5.41) is 15.0. The summed E-state index contributed by atoms with van der Waals surface area (Å²) in [7, 11) is 3.04. The van der Waals surface area contributed by atoms with E-state index in [2.05, 4.69) is 5.32 Å². The molecule has 9 aliphatic rings. The number of thioether (sulfide) groups is 1. The number of epoxide rings is 1. The maximum Gasteiger partial charge on any atom is 0.434 e. The molecule has 0 saturated carbocycles. The van der Waals surface area contributed by atoms with Gasteiger partial charge in [-0.2, -0.15) is 0 Å². The number of halogens is 1. The third-order valence-corrected chi connectivity index (χ3v) is 21.1. The zero-order valence-electron chi connectivity index (χ0n) is 54.9. The number of imide groups is 4. The normalized spacial score (nSPS) is 28.8. The number of allylic oxidation sites excluding steroid dienone is 3. The lowest BCUT2D eigenvalue weighted by atomic mass is 9.82. The Kier molecular flexibility index (Phi) is 22.6. The van der Waals surface area contributed by atoms with Gasteiger partial charge >= 0.3 is 24.2 Å². The van der Waals surface area contributed by atoms with Gasteiger partial charge in [0.1, 0.15) is 29.6 Å². The summed E-state index contributed by atoms with van der Waals surface area (Å²) in [5.41, 5.74) is 0.166. The number of fused-ring (bicyclic) bond motifs is 5. The van der Waals surface area contributed by atoms with Crippen LogP contribution in [-0.2, 0) is 83.0 Å². The number of esters is 1. The van der Waals surface area contributed by atoms with Gasteiger partial charge in [-0.05, 0) is 88.8 Å². The number of ether oxygens (including phenoxy) is 3. The highest BCUT2D eigenvalue weighted by molar-refractivity contribution is 8.00. The van der Waals surface area contributed by atoms with Gasteiger partial charge in [-0.1, -0.05) is 55.3 Å². The van der Waals surface area contributed by atoms with Crippen LogP contribution in [0.4, 0.5) is 20.1 Å². The number of hydroxylamine groups is 4. The number of anilines is 1. The summed E-state index contributed by atoms with van der Waals surface area (Å²) < 4.78 is 18.2. The zero-order valence-corrected chi connectivity index (χ0v) is 56.5. The van der Waals surface area contributed by atoms with Crippen LogP contribution >= 0.6 is 23.4 Å². The van der Waals surface area contributed by atoms with Gasteiger partial charge in [0, 0.05) is 128 Å². The highest BCUT2D eigenvalue weighted by atomic mass is 35.5. The molecular formula is C65H82ClN9O20S. The molecule has 4 bridgehead atoms. The molecule has 10 rings (SSSR count). The van der Waals surface area contributed by atoms with E-state index in [1.807, 2.05) is 44.2 Å². The largest absolute Gasteiger partial charge is 0.457 e. The molecule has 0 aliphatic carbocycles. The number of likely N-dealkylation sites (N-methyl/N-ethyl adjacent to an activating group) is 1. The average Bonchev–Trinajstić information content (AvgIpc) is 1.59. The fourth-order valence-electron chi connectivity index (χ4n) is 12.9. The molecule has 2 N–H and O–H groups in total. The lowest BCUT2D eigenvalue weighted by Crippen LogP contribution is -2.60. The molecule has 13 amide bonds. The Bertz CT molecular complexity index is 3390. The number of piperidine rings is 2. The molecule has 29 nitrogen and oxygen atoms in total. The summed E-state index contributed by atoms with van der Waals surface area (Å²) in [4.78, 5) is 193. The van der Waals surface area contributed by atoms with Gasteiger partial charge < -0.3 is 48.6 Å². The van der Waals surface area contributed by atoms with Gasteiger partial charge in [0.15, 0.2) is 0 Å². The van der Waals surface area contributed by atoms with Gasteiger partial charge in [0.05, 0.1) is 28.5 Å². The monoisotopic (exact) mass is 1380 g/mol. The van der Waals surface area contributed by atoms with Crippen molar-refractivity contribution < 1.29 is 96.1 Å². The van der Waals surface area contributed by atoms with Crippen LogP contribution in [0.15, 0.2) is 48.1 Å². The molecule has 9 aliphatic heterocycles. The van der Waals surface area contributed by atoms with Crippen LogP contribution in [-0.4, -0.2) is 223 Å².